The lowest BCUT2D eigenvalue weighted by molar-refractivity contribution is -0.126. The van der Waals surface area contributed by atoms with Crippen molar-refractivity contribution in [2.75, 3.05) is 24.6 Å². The maximum absolute atomic E-state index is 12.2. The van der Waals surface area contributed by atoms with E-state index in [4.69, 9.17) is 4.42 Å². The lowest BCUT2D eigenvalue weighted by Gasteiger charge is -2.34. The van der Waals surface area contributed by atoms with Gasteiger partial charge in [0.25, 0.3) is 0 Å². The lowest BCUT2D eigenvalue weighted by atomic mass is 9.94. The second-order valence-electron chi connectivity index (χ2n) is 6.60. The number of carbonyl (C=O) groups is 1. The first-order valence-corrected chi connectivity index (χ1v) is 10.0. The molecular weight excluding hydrogens is 316 g/mol. The van der Waals surface area contributed by atoms with E-state index in [1.165, 1.54) is 0 Å². The highest BCUT2D eigenvalue weighted by Gasteiger charge is 2.35. The molecule has 1 amide bonds. The summed E-state index contributed by atoms with van der Waals surface area (Å²) in [6.45, 7) is 3.91. The van der Waals surface area contributed by atoms with Gasteiger partial charge in [-0.05, 0) is 51.4 Å². The van der Waals surface area contributed by atoms with Crippen LogP contribution in [0.3, 0.4) is 0 Å². The highest BCUT2D eigenvalue weighted by Crippen LogP contribution is 2.24. The molecule has 2 aliphatic heterocycles. The van der Waals surface area contributed by atoms with Gasteiger partial charge in [0.1, 0.15) is 11.5 Å². The quantitative estimate of drug-likeness (QED) is 0.888. The van der Waals surface area contributed by atoms with Gasteiger partial charge in [0.2, 0.25) is 5.91 Å². The van der Waals surface area contributed by atoms with Gasteiger partial charge < -0.3 is 9.73 Å². The van der Waals surface area contributed by atoms with Gasteiger partial charge in [-0.1, -0.05) is 0 Å². The fraction of sp³-hybridized carbons (Fsp3) is 0.688. The lowest BCUT2D eigenvalue weighted by Crippen LogP contribution is -2.45. The highest BCUT2D eigenvalue weighted by molar-refractivity contribution is 7.91. The number of hydrogen-bond acceptors (Lipinski definition) is 5. The van der Waals surface area contributed by atoms with Gasteiger partial charge >= 0.3 is 0 Å². The average Bonchev–Trinajstić information content (AvgIpc) is 3.10. The van der Waals surface area contributed by atoms with Crippen molar-refractivity contribution in [1.82, 2.24) is 10.2 Å². The molecule has 3 heterocycles. The number of carbonyl (C=O) groups excluding carboxylic acids is 1. The molecular formula is C16H24N2O4S. The number of nitrogens with zero attached hydrogens (tertiary/aromatic N) is 1. The molecule has 6 nitrogen and oxygen atoms in total. The number of sulfone groups is 1. The maximum Gasteiger partial charge on any atom is 0.223 e. The summed E-state index contributed by atoms with van der Waals surface area (Å²) in [5.41, 5.74) is 0. The zero-order valence-corrected chi connectivity index (χ0v) is 14.3. The molecule has 1 atom stereocenters. The van der Waals surface area contributed by atoms with E-state index >= 15 is 0 Å². The number of nitrogens with one attached hydrogen (secondary N) is 1. The Hall–Kier alpha value is -1.34. The molecule has 1 aromatic rings. The van der Waals surface area contributed by atoms with Crippen LogP contribution in [0.4, 0.5) is 0 Å². The van der Waals surface area contributed by atoms with Crippen LogP contribution in [0.25, 0.3) is 0 Å². The first kappa shape index (κ1) is 16.5. The summed E-state index contributed by atoms with van der Waals surface area (Å²) < 4.78 is 28.6. The highest BCUT2D eigenvalue weighted by atomic mass is 32.2. The molecule has 0 unspecified atom stereocenters. The molecule has 0 radical (unpaired) electrons. The van der Waals surface area contributed by atoms with Gasteiger partial charge in [0.15, 0.2) is 9.84 Å². The average molecular weight is 340 g/mol. The Morgan fingerprint density at radius 1 is 1.30 bits per heavy atom. The van der Waals surface area contributed by atoms with Gasteiger partial charge in [-0.15, -0.1) is 0 Å². The fourth-order valence-corrected chi connectivity index (χ4v) is 5.25. The van der Waals surface area contributed by atoms with Crippen molar-refractivity contribution in [2.45, 2.75) is 38.8 Å². The number of likely N-dealkylation sites (tertiary alicyclic amines) is 1. The van der Waals surface area contributed by atoms with Gasteiger partial charge in [-0.3, -0.25) is 9.69 Å². The van der Waals surface area contributed by atoms with Crippen LogP contribution in [0.5, 0.6) is 0 Å². The Morgan fingerprint density at radius 2 is 2.04 bits per heavy atom. The number of amides is 1. The van der Waals surface area contributed by atoms with E-state index in [1.807, 2.05) is 19.1 Å². The van der Waals surface area contributed by atoms with Gasteiger partial charge in [-0.2, -0.15) is 0 Å². The number of rotatable bonds is 4. The van der Waals surface area contributed by atoms with Crippen LogP contribution < -0.4 is 5.32 Å². The molecule has 1 aromatic heterocycles. The topological polar surface area (TPSA) is 79.6 Å². The smallest absolute Gasteiger partial charge is 0.223 e. The Labute approximate surface area is 137 Å². The second-order valence-corrected chi connectivity index (χ2v) is 8.83. The van der Waals surface area contributed by atoms with Crippen molar-refractivity contribution in [3.05, 3.63) is 23.7 Å². The Kier molecular flexibility index (Phi) is 4.77. The first-order chi connectivity index (χ1) is 10.9. The third-order valence-corrected chi connectivity index (χ3v) is 6.61. The minimum atomic E-state index is -2.84. The Balaban J connectivity index is 1.44. The van der Waals surface area contributed by atoms with Crippen molar-refractivity contribution in [1.29, 1.82) is 0 Å². The predicted molar refractivity (Wildman–Crippen MR) is 86.6 cm³/mol. The van der Waals surface area contributed by atoms with E-state index in [0.717, 1.165) is 43.9 Å². The van der Waals surface area contributed by atoms with E-state index in [-0.39, 0.29) is 23.6 Å². The molecule has 0 aromatic carbocycles. The van der Waals surface area contributed by atoms with E-state index in [9.17, 15) is 13.2 Å². The Bertz CT molecular complexity index is 659. The van der Waals surface area contributed by atoms with Crippen LogP contribution in [0.2, 0.25) is 0 Å². The molecule has 1 N–H and O–H groups in total. The largest absolute Gasteiger partial charge is 0.465 e. The minimum Gasteiger partial charge on any atom is -0.465 e. The van der Waals surface area contributed by atoms with Crippen LogP contribution in [0.15, 0.2) is 16.5 Å². The van der Waals surface area contributed by atoms with Gasteiger partial charge in [0, 0.05) is 12.0 Å². The van der Waals surface area contributed by atoms with E-state index in [2.05, 4.69) is 10.2 Å². The van der Waals surface area contributed by atoms with E-state index in [1.54, 1.807) is 0 Å². The predicted octanol–water partition coefficient (Wildman–Crippen LogP) is 1.10. The summed E-state index contributed by atoms with van der Waals surface area (Å²) in [7, 11) is -2.84. The molecule has 0 bridgehead atoms. The molecule has 2 fully saturated rings. The number of hydrogen-bond donors (Lipinski definition) is 1. The number of furan rings is 1. The standard InChI is InChI=1S/C16H24N2O4S/c1-12-2-3-15(22-12)10-17-16(19)13-4-7-18(8-5-13)14-6-9-23(20,21)11-14/h2-3,13-14H,4-11H2,1H3,(H,17,19)/t14-/m1/s1. The summed E-state index contributed by atoms with van der Waals surface area (Å²) in [4.78, 5) is 14.5. The third kappa shape index (κ3) is 4.14. The van der Waals surface area contributed by atoms with Crippen molar-refractivity contribution < 1.29 is 17.6 Å². The van der Waals surface area contributed by atoms with Crippen LogP contribution >= 0.6 is 0 Å². The van der Waals surface area contributed by atoms with E-state index < -0.39 is 9.84 Å². The molecule has 2 saturated heterocycles. The zero-order chi connectivity index (χ0) is 16.4. The summed E-state index contributed by atoms with van der Waals surface area (Å²) in [6, 6.07) is 3.91. The third-order valence-electron chi connectivity index (χ3n) is 4.86. The minimum absolute atomic E-state index is 0.0142. The molecule has 0 saturated carbocycles. The molecule has 2 aliphatic rings. The summed E-state index contributed by atoms with van der Waals surface area (Å²) >= 11 is 0. The Morgan fingerprint density at radius 3 is 2.61 bits per heavy atom. The first-order valence-electron chi connectivity index (χ1n) is 8.20. The van der Waals surface area contributed by atoms with Crippen molar-refractivity contribution in [3.8, 4) is 0 Å². The SMILES string of the molecule is Cc1ccc(CNC(=O)C2CCN([C@@H]3CCS(=O)(=O)C3)CC2)o1. The summed E-state index contributed by atoms with van der Waals surface area (Å²) in [5, 5.41) is 2.93. The number of piperidine rings is 1. The van der Waals surface area contributed by atoms with Crippen LogP contribution in [0.1, 0.15) is 30.8 Å². The van der Waals surface area contributed by atoms with Crippen LogP contribution in [-0.2, 0) is 21.2 Å². The second kappa shape index (κ2) is 6.65. The fourth-order valence-electron chi connectivity index (χ4n) is 3.49. The summed E-state index contributed by atoms with van der Waals surface area (Å²) in [5.74, 6) is 2.28. The number of aryl methyl sites for hydroxylation is 1. The summed E-state index contributed by atoms with van der Waals surface area (Å²) in [6.07, 6.45) is 2.32. The van der Waals surface area contributed by atoms with Crippen LogP contribution in [0, 0.1) is 12.8 Å². The molecule has 128 valence electrons. The zero-order valence-electron chi connectivity index (χ0n) is 13.5. The molecule has 3 rings (SSSR count). The van der Waals surface area contributed by atoms with Crippen molar-refractivity contribution in [3.63, 3.8) is 0 Å². The van der Waals surface area contributed by atoms with Crippen molar-refractivity contribution in [2.24, 2.45) is 5.92 Å². The monoisotopic (exact) mass is 340 g/mol. The maximum atomic E-state index is 12.2. The van der Waals surface area contributed by atoms with Gasteiger partial charge in [-0.25, -0.2) is 8.42 Å². The van der Waals surface area contributed by atoms with Crippen molar-refractivity contribution >= 4 is 15.7 Å². The molecule has 23 heavy (non-hydrogen) atoms. The van der Waals surface area contributed by atoms with E-state index in [0.29, 0.717) is 12.3 Å². The molecule has 0 spiro atoms. The van der Waals surface area contributed by atoms with Crippen LogP contribution in [-0.4, -0.2) is 49.9 Å². The van der Waals surface area contributed by atoms with Gasteiger partial charge in [0.05, 0.1) is 18.1 Å². The molecule has 0 aliphatic carbocycles. The normalized spacial score (nSPS) is 25.5. The molecule has 7 heteroatoms.